The highest BCUT2D eigenvalue weighted by molar-refractivity contribution is 7.47. The summed E-state index contributed by atoms with van der Waals surface area (Å²) >= 11 is 0. The van der Waals surface area contributed by atoms with Crippen molar-refractivity contribution in [3.8, 4) is 0 Å². The molecule has 0 aromatic rings. The van der Waals surface area contributed by atoms with Gasteiger partial charge in [-0.05, 0) is 77.0 Å². The molecule has 0 spiro atoms. The molecule has 0 heterocycles. The molecule has 0 aromatic carbocycles. The summed E-state index contributed by atoms with van der Waals surface area (Å²) in [5, 5.41) is 0. The first-order valence-corrected chi connectivity index (χ1v) is 21.3. The van der Waals surface area contributed by atoms with Crippen LogP contribution in [0.2, 0.25) is 0 Å². The normalized spacial score (nSPS) is 14.0. The Balaban J connectivity index is 4.28. The number of hydrogen-bond acceptors (Lipinski definition) is 8. The third kappa shape index (κ3) is 37.3. The molecule has 0 bridgehead atoms. The Hall–Kier alpha value is -2.29. The van der Waals surface area contributed by atoms with Crippen molar-refractivity contribution in [1.82, 2.24) is 0 Å². The molecule has 0 rings (SSSR count). The Morgan fingerprint density at radius 2 is 1.08 bits per heavy atom. The van der Waals surface area contributed by atoms with Crippen LogP contribution in [0.3, 0.4) is 0 Å². The summed E-state index contributed by atoms with van der Waals surface area (Å²) in [6, 6.07) is 0. The van der Waals surface area contributed by atoms with Crippen LogP contribution in [0.25, 0.3) is 0 Å². The van der Waals surface area contributed by atoms with Crippen LogP contribution in [-0.4, -0.2) is 49.3 Å². The topological polar surface area (TPSA) is 134 Å². The first kappa shape index (κ1) is 48.7. The Bertz CT molecular complexity index is 1020. The molecule has 0 aliphatic rings. The van der Waals surface area contributed by atoms with E-state index in [-0.39, 0.29) is 32.6 Å². The number of ether oxygens (including phenoxy) is 2. The van der Waals surface area contributed by atoms with Gasteiger partial charge >= 0.3 is 19.8 Å². The van der Waals surface area contributed by atoms with Gasteiger partial charge in [-0.1, -0.05) is 126 Å². The Kier molecular flexibility index (Phi) is 35.8. The average molecular weight is 738 g/mol. The van der Waals surface area contributed by atoms with Gasteiger partial charge in [0.15, 0.2) is 6.10 Å². The molecule has 0 saturated carbocycles. The summed E-state index contributed by atoms with van der Waals surface area (Å²) in [6.07, 6.45) is 42.5. The number of nitrogens with two attached hydrogens (primary N) is 1. The predicted molar refractivity (Wildman–Crippen MR) is 210 cm³/mol. The standard InChI is InChI=1S/C41H72NO8P/c1-3-5-7-9-11-13-15-17-18-19-20-22-24-26-28-30-32-34-41(44)50-39(38-49-51(45,46)48-36-35-42)37-47-40(43)33-31-29-27-25-23-21-16-14-12-10-8-6-4-2/h5,7,11,13-14,16-18,20,22,39H,3-4,6,8-10,12,15,19,21,23-38,42H2,1-2H3,(H,45,46). The Labute approximate surface area is 310 Å². The van der Waals surface area contributed by atoms with Crippen LogP contribution in [0.15, 0.2) is 60.8 Å². The van der Waals surface area contributed by atoms with Crippen molar-refractivity contribution in [3.63, 3.8) is 0 Å². The number of phosphoric acid groups is 1. The van der Waals surface area contributed by atoms with Crippen LogP contribution in [0.5, 0.6) is 0 Å². The molecule has 0 aliphatic heterocycles. The summed E-state index contributed by atoms with van der Waals surface area (Å²) in [5.41, 5.74) is 5.33. The van der Waals surface area contributed by atoms with Crippen LogP contribution in [-0.2, 0) is 32.7 Å². The lowest BCUT2D eigenvalue weighted by atomic mass is 10.1. The zero-order valence-corrected chi connectivity index (χ0v) is 33.0. The number of phosphoric ester groups is 1. The molecular formula is C41H72NO8P. The number of rotatable bonds is 36. The van der Waals surface area contributed by atoms with E-state index in [4.69, 9.17) is 24.3 Å². The van der Waals surface area contributed by atoms with Gasteiger partial charge < -0.3 is 20.1 Å². The third-order valence-electron chi connectivity index (χ3n) is 7.89. The lowest BCUT2D eigenvalue weighted by molar-refractivity contribution is -0.161. The molecule has 10 heteroatoms. The first-order valence-electron chi connectivity index (χ1n) is 19.8. The van der Waals surface area contributed by atoms with Gasteiger partial charge in [-0.3, -0.25) is 18.6 Å². The molecule has 2 atom stereocenters. The van der Waals surface area contributed by atoms with E-state index in [0.29, 0.717) is 12.8 Å². The molecule has 9 nitrogen and oxygen atoms in total. The van der Waals surface area contributed by atoms with Crippen LogP contribution in [0.1, 0.15) is 155 Å². The quantitative estimate of drug-likeness (QED) is 0.0279. The zero-order chi connectivity index (χ0) is 37.5. The average Bonchev–Trinajstić information content (AvgIpc) is 3.11. The minimum absolute atomic E-state index is 0.0453. The van der Waals surface area contributed by atoms with Crippen molar-refractivity contribution in [1.29, 1.82) is 0 Å². The monoisotopic (exact) mass is 737 g/mol. The fourth-order valence-corrected chi connectivity index (χ4v) is 5.74. The SMILES string of the molecule is CCC=CCC=CCC=CCC=CCCCCCCC(=O)OC(COC(=O)CCCCCCCC=CCCCCCC)COP(=O)(O)OCCN. The molecule has 2 unspecified atom stereocenters. The fraction of sp³-hybridized carbons (Fsp3) is 0.707. The second kappa shape index (κ2) is 37.5. The molecule has 294 valence electrons. The van der Waals surface area contributed by atoms with E-state index >= 15 is 0 Å². The maximum absolute atomic E-state index is 12.5. The van der Waals surface area contributed by atoms with Gasteiger partial charge in [-0.25, -0.2) is 4.57 Å². The molecule has 0 aliphatic carbocycles. The Morgan fingerprint density at radius 1 is 0.608 bits per heavy atom. The van der Waals surface area contributed by atoms with Crippen molar-refractivity contribution in [2.75, 3.05) is 26.4 Å². The van der Waals surface area contributed by atoms with Gasteiger partial charge in [0.2, 0.25) is 0 Å². The van der Waals surface area contributed by atoms with E-state index in [1.54, 1.807) is 0 Å². The molecule has 0 fully saturated rings. The molecule has 3 N–H and O–H groups in total. The van der Waals surface area contributed by atoms with E-state index < -0.39 is 32.5 Å². The summed E-state index contributed by atoms with van der Waals surface area (Å²) in [6.45, 7) is 3.54. The van der Waals surface area contributed by atoms with Crippen molar-refractivity contribution in [2.24, 2.45) is 5.73 Å². The second-order valence-corrected chi connectivity index (χ2v) is 14.2. The van der Waals surface area contributed by atoms with Gasteiger partial charge in [0.05, 0.1) is 13.2 Å². The number of esters is 2. The summed E-state index contributed by atoms with van der Waals surface area (Å²) in [7, 11) is -4.38. The number of allylic oxidation sites excluding steroid dienone is 10. The molecule has 0 aromatic heterocycles. The van der Waals surface area contributed by atoms with Crippen molar-refractivity contribution < 1.29 is 37.6 Å². The molecule has 0 saturated heterocycles. The second-order valence-electron chi connectivity index (χ2n) is 12.8. The molecule has 51 heavy (non-hydrogen) atoms. The highest BCUT2D eigenvalue weighted by atomic mass is 31.2. The van der Waals surface area contributed by atoms with Gasteiger partial charge in [0.1, 0.15) is 6.61 Å². The van der Waals surface area contributed by atoms with Crippen molar-refractivity contribution >= 4 is 19.8 Å². The van der Waals surface area contributed by atoms with E-state index in [1.165, 1.54) is 32.1 Å². The zero-order valence-electron chi connectivity index (χ0n) is 32.1. The van der Waals surface area contributed by atoms with E-state index in [2.05, 4.69) is 74.6 Å². The van der Waals surface area contributed by atoms with Crippen LogP contribution < -0.4 is 5.73 Å². The maximum atomic E-state index is 12.5. The minimum Gasteiger partial charge on any atom is -0.462 e. The lowest BCUT2D eigenvalue weighted by Gasteiger charge is -2.19. The first-order chi connectivity index (χ1) is 24.8. The van der Waals surface area contributed by atoms with Crippen LogP contribution >= 0.6 is 7.82 Å². The summed E-state index contributed by atoms with van der Waals surface area (Å²) in [4.78, 5) is 34.7. The Morgan fingerprint density at radius 3 is 1.63 bits per heavy atom. The van der Waals surface area contributed by atoms with Crippen molar-refractivity contribution in [3.05, 3.63) is 60.8 Å². The predicted octanol–water partition coefficient (Wildman–Crippen LogP) is 10.9. The summed E-state index contributed by atoms with van der Waals surface area (Å²) < 4.78 is 32.6. The number of hydrogen-bond donors (Lipinski definition) is 2. The minimum atomic E-state index is -4.38. The van der Waals surface area contributed by atoms with Crippen LogP contribution in [0.4, 0.5) is 0 Å². The van der Waals surface area contributed by atoms with E-state index in [9.17, 15) is 19.0 Å². The van der Waals surface area contributed by atoms with Gasteiger partial charge in [0.25, 0.3) is 0 Å². The van der Waals surface area contributed by atoms with Gasteiger partial charge in [0, 0.05) is 19.4 Å². The lowest BCUT2D eigenvalue weighted by Crippen LogP contribution is -2.29. The van der Waals surface area contributed by atoms with Crippen molar-refractivity contribution in [2.45, 2.75) is 161 Å². The smallest absolute Gasteiger partial charge is 0.462 e. The molecule has 0 amide bonds. The number of unbranched alkanes of at least 4 members (excludes halogenated alkanes) is 13. The number of carbonyl (C=O) groups is 2. The summed E-state index contributed by atoms with van der Waals surface area (Å²) in [5.74, 6) is -0.873. The van der Waals surface area contributed by atoms with Crippen LogP contribution in [0, 0.1) is 0 Å². The highest BCUT2D eigenvalue weighted by Gasteiger charge is 2.25. The highest BCUT2D eigenvalue weighted by Crippen LogP contribution is 2.43. The maximum Gasteiger partial charge on any atom is 0.472 e. The fourth-order valence-electron chi connectivity index (χ4n) is 4.97. The largest absolute Gasteiger partial charge is 0.472 e. The van der Waals surface area contributed by atoms with E-state index in [0.717, 1.165) is 83.5 Å². The molecule has 0 radical (unpaired) electrons. The van der Waals surface area contributed by atoms with Gasteiger partial charge in [-0.2, -0.15) is 0 Å². The number of carbonyl (C=O) groups excluding carboxylic acids is 2. The molecular weight excluding hydrogens is 665 g/mol. The van der Waals surface area contributed by atoms with E-state index in [1.807, 2.05) is 0 Å². The third-order valence-corrected chi connectivity index (χ3v) is 8.87. The van der Waals surface area contributed by atoms with Gasteiger partial charge in [-0.15, -0.1) is 0 Å².